The second-order valence-corrected chi connectivity index (χ2v) is 6.66. The van der Waals surface area contributed by atoms with Gasteiger partial charge in [0.25, 0.3) is 5.91 Å². The average molecular weight is 330 g/mol. The fraction of sp³-hybridized carbons (Fsp3) is 0.500. The molecule has 6 nitrogen and oxygen atoms in total. The molecule has 2 fully saturated rings. The van der Waals surface area contributed by atoms with Gasteiger partial charge in [-0.1, -0.05) is 0 Å². The molecule has 0 bridgehead atoms. The van der Waals surface area contributed by atoms with Gasteiger partial charge < -0.3 is 18.5 Å². The van der Waals surface area contributed by atoms with Gasteiger partial charge in [-0.3, -0.25) is 9.69 Å². The number of rotatable bonds is 3. The summed E-state index contributed by atoms with van der Waals surface area (Å²) >= 11 is 0. The van der Waals surface area contributed by atoms with E-state index in [1.807, 2.05) is 24.0 Å². The maximum atomic E-state index is 12.6. The number of carbonyl (C=O) groups excluding carboxylic acids is 1. The summed E-state index contributed by atoms with van der Waals surface area (Å²) in [6.07, 6.45) is 3.60. The molecule has 2 saturated heterocycles. The minimum Gasteiger partial charge on any atom is -0.472 e. The van der Waals surface area contributed by atoms with Crippen LogP contribution in [-0.4, -0.2) is 54.6 Å². The maximum absolute atomic E-state index is 12.6. The van der Waals surface area contributed by atoms with E-state index in [4.69, 9.17) is 13.6 Å². The molecule has 0 aromatic carbocycles. The van der Waals surface area contributed by atoms with Crippen molar-refractivity contribution in [2.24, 2.45) is 5.92 Å². The van der Waals surface area contributed by atoms with Gasteiger partial charge in [-0.05, 0) is 25.1 Å². The highest BCUT2D eigenvalue weighted by Gasteiger charge is 2.39. The van der Waals surface area contributed by atoms with Gasteiger partial charge in [0.05, 0.1) is 25.2 Å². The van der Waals surface area contributed by atoms with Crippen molar-refractivity contribution in [2.75, 3.05) is 32.8 Å². The lowest BCUT2D eigenvalue weighted by molar-refractivity contribution is 0.0476. The van der Waals surface area contributed by atoms with Gasteiger partial charge in [0.2, 0.25) is 0 Å². The highest BCUT2D eigenvalue weighted by molar-refractivity contribution is 5.91. The van der Waals surface area contributed by atoms with Crippen LogP contribution >= 0.6 is 0 Å². The molecule has 4 rings (SSSR count). The molecule has 1 amide bonds. The summed E-state index contributed by atoms with van der Waals surface area (Å²) in [7, 11) is 0. The molecular formula is C18H22N2O4. The third kappa shape index (κ3) is 3.12. The third-order valence-corrected chi connectivity index (χ3v) is 4.84. The van der Waals surface area contributed by atoms with Crippen LogP contribution in [0.5, 0.6) is 0 Å². The molecule has 2 aromatic heterocycles. The van der Waals surface area contributed by atoms with Gasteiger partial charge in [-0.2, -0.15) is 0 Å². The van der Waals surface area contributed by atoms with Crippen molar-refractivity contribution >= 4 is 5.91 Å². The second-order valence-electron chi connectivity index (χ2n) is 6.66. The highest BCUT2D eigenvalue weighted by atomic mass is 16.5. The molecule has 2 aromatic rings. The Morgan fingerprint density at radius 3 is 2.92 bits per heavy atom. The number of nitrogens with zero attached hydrogens (tertiary/aromatic N) is 2. The predicted octanol–water partition coefficient (Wildman–Crippen LogP) is 2.15. The summed E-state index contributed by atoms with van der Waals surface area (Å²) in [5.74, 6) is 1.47. The number of aryl methyl sites for hydroxylation is 1. The Hall–Kier alpha value is -2.05. The van der Waals surface area contributed by atoms with E-state index in [0.29, 0.717) is 31.4 Å². The molecule has 0 saturated carbocycles. The van der Waals surface area contributed by atoms with E-state index in [0.717, 1.165) is 25.4 Å². The molecule has 0 spiro atoms. The summed E-state index contributed by atoms with van der Waals surface area (Å²) in [6.45, 7) is 6.59. The van der Waals surface area contributed by atoms with E-state index >= 15 is 0 Å². The molecule has 0 radical (unpaired) electrons. The van der Waals surface area contributed by atoms with Crippen LogP contribution in [0, 0.1) is 12.8 Å². The van der Waals surface area contributed by atoms with Crippen molar-refractivity contribution in [3.05, 3.63) is 47.8 Å². The van der Waals surface area contributed by atoms with Crippen LogP contribution in [0.4, 0.5) is 0 Å². The average Bonchev–Trinajstić information content (AvgIpc) is 3.28. The zero-order chi connectivity index (χ0) is 16.5. The first kappa shape index (κ1) is 15.5. The standard InChI is InChI=1S/C18H22N2O4/c1-13-2-3-16(24-13)18(21)20-10-15-9-19(5-7-23-17(15)11-20)8-14-4-6-22-12-14/h2-4,6,12,15,17H,5,7-11H2,1H3/t15-,17+/m1/s1. The molecule has 4 heterocycles. The Morgan fingerprint density at radius 1 is 1.25 bits per heavy atom. The van der Waals surface area contributed by atoms with Gasteiger partial charge in [-0.25, -0.2) is 0 Å². The topological polar surface area (TPSA) is 59.1 Å². The number of likely N-dealkylation sites (tertiary alicyclic amines) is 1. The van der Waals surface area contributed by atoms with E-state index in [1.54, 1.807) is 18.6 Å². The Balaban J connectivity index is 1.41. The lowest BCUT2D eigenvalue weighted by atomic mass is 10.1. The first-order valence-electron chi connectivity index (χ1n) is 8.40. The number of amides is 1. The first-order valence-corrected chi connectivity index (χ1v) is 8.40. The molecule has 6 heteroatoms. The quantitative estimate of drug-likeness (QED) is 0.863. The Kier molecular flexibility index (Phi) is 4.16. The van der Waals surface area contributed by atoms with Crippen molar-refractivity contribution in [1.29, 1.82) is 0 Å². The van der Waals surface area contributed by atoms with Crippen LogP contribution in [0.2, 0.25) is 0 Å². The molecule has 0 aliphatic carbocycles. The number of fused-ring (bicyclic) bond motifs is 1. The summed E-state index contributed by atoms with van der Waals surface area (Å²) in [6, 6.07) is 5.56. The lowest BCUT2D eigenvalue weighted by Crippen LogP contribution is -2.33. The van der Waals surface area contributed by atoms with Crippen LogP contribution in [0.3, 0.4) is 0 Å². The van der Waals surface area contributed by atoms with Crippen LogP contribution in [0.1, 0.15) is 21.9 Å². The summed E-state index contributed by atoms with van der Waals surface area (Å²) in [4.78, 5) is 16.8. The van der Waals surface area contributed by atoms with Crippen molar-refractivity contribution in [3.63, 3.8) is 0 Å². The molecule has 128 valence electrons. The monoisotopic (exact) mass is 330 g/mol. The minimum absolute atomic E-state index is 0.0406. The summed E-state index contributed by atoms with van der Waals surface area (Å²) < 4.78 is 16.6. The SMILES string of the molecule is Cc1ccc(C(=O)N2C[C@H]3CN(Cc4ccoc4)CCO[C@H]3C2)o1. The van der Waals surface area contributed by atoms with Gasteiger partial charge in [0.15, 0.2) is 5.76 Å². The van der Waals surface area contributed by atoms with Gasteiger partial charge in [-0.15, -0.1) is 0 Å². The van der Waals surface area contributed by atoms with Crippen molar-refractivity contribution in [2.45, 2.75) is 19.6 Å². The van der Waals surface area contributed by atoms with Crippen LogP contribution in [0.25, 0.3) is 0 Å². The number of carbonyl (C=O) groups is 1. The van der Waals surface area contributed by atoms with Crippen molar-refractivity contribution in [1.82, 2.24) is 9.80 Å². The number of hydrogen-bond donors (Lipinski definition) is 0. The summed E-state index contributed by atoms with van der Waals surface area (Å²) in [5.41, 5.74) is 1.17. The fourth-order valence-electron chi connectivity index (χ4n) is 3.62. The molecule has 2 aliphatic rings. The first-order chi connectivity index (χ1) is 11.7. The van der Waals surface area contributed by atoms with Crippen LogP contribution in [0.15, 0.2) is 39.6 Å². The maximum Gasteiger partial charge on any atom is 0.289 e. The normalized spacial score (nSPS) is 24.8. The van der Waals surface area contributed by atoms with Gasteiger partial charge in [0, 0.05) is 44.2 Å². The number of ether oxygens (including phenoxy) is 1. The van der Waals surface area contributed by atoms with Crippen LogP contribution < -0.4 is 0 Å². The largest absolute Gasteiger partial charge is 0.472 e. The lowest BCUT2D eigenvalue weighted by Gasteiger charge is -2.22. The third-order valence-electron chi connectivity index (χ3n) is 4.84. The molecule has 2 atom stereocenters. The molecule has 0 N–H and O–H groups in total. The van der Waals surface area contributed by atoms with Crippen molar-refractivity contribution in [3.8, 4) is 0 Å². The smallest absolute Gasteiger partial charge is 0.289 e. The van der Waals surface area contributed by atoms with E-state index in [2.05, 4.69) is 4.90 Å². The number of hydrogen-bond acceptors (Lipinski definition) is 5. The number of furan rings is 2. The van der Waals surface area contributed by atoms with E-state index in [-0.39, 0.29) is 12.0 Å². The van der Waals surface area contributed by atoms with E-state index < -0.39 is 0 Å². The molecular weight excluding hydrogens is 308 g/mol. The molecule has 0 unspecified atom stereocenters. The van der Waals surface area contributed by atoms with Gasteiger partial charge >= 0.3 is 0 Å². The van der Waals surface area contributed by atoms with Gasteiger partial charge in [0.1, 0.15) is 5.76 Å². The molecule has 2 aliphatic heterocycles. The Morgan fingerprint density at radius 2 is 2.17 bits per heavy atom. The van der Waals surface area contributed by atoms with Crippen molar-refractivity contribution < 1.29 is 18.4 Å². The Bertz CT molecular complexity index is 694. The van der Waals surface area contributed by atoms with E-state index in [1.165, 1.54) is 5.56 Å². The zero-order valence-electron chi connectivity index (χ0n) is 13.8. The Labute approximate surface area is 141 Å². The molecule has 24 heavy (non-hydrogen) atoms. The summed E-state index contributed by atoms with van der Waals surface area (Å²) in [5, 5.41) is 0. The zero-order valence-corrected chi connectivity index (χ0v) is 13.8. The van der Waals surface area contributed by atoms with Crippen LogP contribution in [-0.2, 0) is 11.3 Å². The second kappa shape index (κ2) is 6.45. The fourth-order valence-corrected chi connectivity index (χ4v) is 3.62. The highest BCUT2D eigenvalue weighted by Crippen LogP contribution is 2.26. The van der Waals surface area contributed by atoms with E-state index in [9.17, 15) is 4.79 Å². The predicted molar refractivity (Wildman–Crippen MR) is 86.6 cm³/mol. The minimum atomic E-state index is -0.0406.